The van der Waals surface area contributed by atoms with Crippen LogP contribution in [0.15, 0.2) is 60.8 Å². The molecule has 0 bridgehead atoms. The Morgan fingerprint density at radius 3 is 2.57 bits per heavy atom. The van der Waals surface area contributed by atoms with E-state index in [1.54, 1.807) is 49.4 Å². The van der Waals surface area contributed by atoms with Gasteiger partial charge in [-0.1, -0.05) is 30.3 Å². The van der Waals surface area contributed by atoms with Crippen molar-refractivity contribution in [3.63, 3.8) is 0 Å². The van der Waals surface area contributed by atoms with Gasteiger partial charge in [-0.15, -0.1) is 0 Å². The maximum Gasteiger partial charge on any atom is 0.256 e. The Labute approximate surface area is 174 Å². The molecule has 1 amide bonds. The first-order valence-corrected chi connectivity index (χ1v) is 9.60. The molecule has 4 rings (SSSR count). The van der Waals surface area contributed by atoms with Crippen molar-refractivity contribution in [1.29, 1.82) is 0 Å². The molecular weight excluding hydrogens is 380 g/mol. The first-order chi connectivity index (χ1) is 14.6. The second-order valence-corrected chi connectivity index (χ2v) is 6.64. The van der Waals surface area contributed by atoms with Gasteiger partial charge >= 0.3 is 0 Å². The number of aryl methyl sites for hydroxylation is 1. The number of aromatic nitrogens is 3. The number of carbonyl (C=O) groups excluding carboxylic acids is 1. The van der Waals surface area contributed by atoms with E-state index >= 15 is 0 Å². The molecule has 2 aromatic heterocycles. The van der Waals surface area contributed by atoms with Gasteiger partial charge in [0.2, 0.25) is 0 Å². The van der Waals surface area contributed by atoms with Crippen LogP contribution in [0.3, 0.4) is 0 Å². The molecule has 0 unspecified atom stereocenters. The average Bonchev–Trinajstić information content (AvgIpc) is 3.22. The van der Waals surface area contributed by atoms with E-state index in [1.165, 1.54) is 0 Å². The van der Waals surface area contributed by atoms with Crippen LogP contribution in [0.5, 0.6) is 11.5 Å². The molecule has 0 saturated carbocycles. The third kappa shape index (κ3) is 3.57. The van der Waals surface area contributed by atoms with Crippen molar-refractivity contribution in [2.75, 3.05) is 19.5 Å². The number of nitrogens with one attached hydrogen (secondary N) is 1. The van der Waals surface area contributed by atoms with Crippen LogP contribution < -0.4 is 14.8 Å². The second kappa shape index (κ2) is 8.24. The molecule has 152 valence electrons. The molecule has 0 saturated heterocycles. The first kappa shape index (κ1) is 19.4. The van der Waals surface area contributed by atoms with Gasteiger partial charge in [0.25, 0.3) is 5.91 Å². The molecule has 0 fully saturated rings. The van der Waals surface area contributed by atoms with E-state index in [9.17, 15) is 4.79 Å². The molecular formula is C23H22N4O3. The van der Waals surface area contributed by atoms with Crippen LogP contribution in [0, 0.1) is 0 Å². The highest BCUT2D eigenvalue weighted by Crippen LogP contribution is 2.31. The highest BCUT2D eigenvalue weighted by molar-refractivity contribution is 6.13. The number of ether oxygens (including phenoxy) is 2. The quantitative estimate of drug-likeness (QED) is 0.518. The Morgan fingerprint density at radius 2 is 1.87 bits per heavy atom. The predicted octanol–water partition coefficient (Wildman–Crippen LogP) is 4.39. The molecule has 0 aliphatic rings. The van der Waals surface area contributed by atoms with Gasteiger partial charge in [0.05, 0.1) is 42.7 Å². The lowest BCUT2D eigenvalue weighted by atomic mass is 10.1. The molecule has 4 aromatic rings. The van der Waals surface area contributed by atoms with Crippen molar-refractivity contribution < 1.29 is 14.3 Å². The van der Waals surface area contributed by atoms with E-state index in [1.807, 2.05) is 37.3 Å². The van der Waals surface area contributed by atoms with E-state index in [-0.39, 0.29) is 5.91 Å². The Kier molecular flexibility index (Phi) is 5.34. The summed E-state index contributed by atoms with van der Waals surface area (Å²) < 4.78 is 12.4. The van der Waals surface area contributed by atoms with E-state index in [2.05, 4.69) is 10.4 Å². The number of nitrogens with zero attached hydrogens (tertiary/aromatic N) is 3. The van der Waals surface area contributed by atoms with Gasteiger partial charge in [0.15, 0.2) is 5.65 Å². The molecule has 0 spiro atoms. The van der Waals surface area contributed by atoms with Crippen LogP contribution in [-0.4, -0.2) is 34.9 Å². The van der Waals surface area contributed by atoms with Gasteiger partial charge in [-0.25, -0.2) is 9.67 Å². The molecule has 7 heteroatoms. The summed E-state index contributed by atoms with van der Waals surface area (Å²) in [5, 5.41) is 8.02. The molecule has 7 nitrogen and oxygen atoms in total. The van der Waals surface area contributed by atoms with E-state index in [4.69, 9.17) is 14.5 Å². The van der Waals surface area contributed by atoms with E-state index < -0.39 is 0 Å². The summed E-state index contributed by atoms with van der Waals surface area (Å²) >= 11 is 0. The lowest BCUT2D eigenvalue weighted by Crippen LogP contribution is -2.14. The van der Waals surface area contributed by atoms with Crippen molar-refractivity contribution in [1.82, 2.24) is 14.8 Å². The van der Waals surface area contributed by atoms with Gasteiger partial charge in [0, 0.05) is 18.2 Å². The average molecular weight is 402 g/mol. The number of benzene rings is 2. The predicted molar refractivity (Wildman–Crippen MR) is 116 cm³/mol. The summed E-state index contributed by atoms with van der Waals surface area (Å²) in [4.78, 5) is 18.1. The number of hydrogen-bond donors (Lipinski definition) is 1. The van der Waals surface area contributed by atoms with Crippen LogP contribution in [-0.2, 0) is 6.54 Å². The number of hydrogen-bond acceptors (Lipinski definition) is 5. The zero-order valence-corrected chi connectivity index (χ0v) is 17.0. The number of pyridine rings is 1. The van der Waals surface area contributed by atoms with Gasteiger partial charge in [-0.05, 0) is 25.1 Å². The van der Waals surface area contributed by atoms with E-state index in [0.717, 1.165) is 5.56 Å². The van der Waals surface area contributed by atoms with Crippen molar-refractivity contribution in [3.8, 4) is 22.8 Å². The summed E-state index contributed by atoms with van der Waals surface area (Å²) in [5.74, 6) is 0.888. The fraction of sp³-hybridized carbons (Fsp3) is 0.174. The SMILES string of the molecule is CCn1ncc2c(C(=O)Nc3cc(OC)ccc3OC)cc(-c3ccccc3)nc21. The van der Waals surface area contributed by atoms with Crippen molar-refractivity contribution in [2.45, 2.75) is 13.5 Å². The smallest absolute Gasteiger partial charge is 0.256 e. The largest absolute Gasteiger partial charge is 0.497 e. The second-order valence-electron chi connectivity index (χ2n) is 6.64. The number of amides is 1. The number of rotatable bonds is 6. The normalized spacial score (nSPS) is 10.8. The number of methoxy groups -OCH3 is 2. The highest BCUT2D eigenvalue weighted by atomic mass is 16.5. The number of anilines is 1. The summed E-state index contributed by atoms with van der Waals surface area (Å²) in [6, 6.07) is 16.8. The first-order valence-electron chi connectivity index (χ1n) is 9.60. The minimum Gasteiger partial charge on any atom is -0.497 e. The Balaban J connectivity index is 1.82. The topological polar surface area (TPSA) is 78.3 Å². The van der Waals surface area contributed by atoms with Gasteiger partial charge in [-0.2, -0.15) is 5.10 Å². The highest BCUT2D eigenvalue weighted by Gasteiger charge is 2.19. The summed E-state index contributed by atoms with van der Waals surface area (Å²) in [6.45, 7) is 2.64. The van der Waals surface area contributed by atoms with E-state index in [0.29, 0.717) is 46.0 Å². The Hall–Kier alpha value is -3.87. The zero-order valence-electron chi connectivity index (χ0n) is 17.0. The van der Waals surface area contributed by atoms with Crippen molar-refractivity contribution in [2.24, 2.45) is 0 Å². The Morgan fingerprint density at radius 1 is 1.07 bits per heavy atom. The van der Waals surface area contributed by atoms with Crippen LogP contribution in [0.2, 0.25) is 0 Å². The maximum absolute atomic E-state index is 13.3. The lowest BCUT2D eigenvalue weighted by Gasteiger charge is -2.13. The van der Waals surface area contributed by atoms with Crippen LogP contribution in [0.25, 0.3) is 22.3 Å². The summed E-state index contributed by atoms with van der Waals surface area (Å²) in [7, 11) is 3.13. The molecule has 1 N–H and O–H groups in total. The summed E-state index contributed by atoms with van der Waals surface area (Å²) in [6.07, 6.45) is 1.68. The monoisotopic (exact) mass is 402 g/mol. The standard InChI is InChI=1S/C23H22N4O3/c1-4-27-22-18(14-24-27)17(13-19(25-22)15-8-6-5-7-9-15)23(28)26-20-12-16(29-2)10-11-21(20)30-3/h5-14H,4H2,1-3H3,(H,26,28). The fourth-order valence-electron chi connectivity index (χ4n) is 3.33. The summed E-state index contributed by atoms with van der Waals surface area (Å²) in [5.41, 5.74) is 3.32. The molecule has 0 atom stereocenters. The minimum absolute atomic E-state index is 0.276. The molecule has 0 radical (unpaired) electrons. The number of carbonyl (C=O) groups is 1. The van der Waals surface area contributed by atoms with Crippen molar-refractivity contribution >= 4 is 22.6 Å². The lowest BCUT2D eigenvalue weighted by molar-refractivity contribution is 0.102. The molecule has 0 aliphatic carbocycles. The molecule has 30 heavy (non-hydrogen) atoms. The molecule has 2 heterocycles. The van der Waals surface area contributed by atoms with Crippen LogP contribution in [0.1, 0.15) is 17.3 Å². The molecule has 0 aliphatic heterocycles. The van der Waals surface area contributed by atoms with Crippen molar-refractivity contribution in [3.05, 3.63) is 66.4 Å². The zero-order chi connectivity index (χ0) is 21.1. The van der Waals surface area contributed by atoms with Crippen LogP contribution >= 0.6 is 0 Å². The Bertz CT molecular complexity index is 1200. The van der Waals surface area contributed by atoms with Gasteiger partial charge < -0.3 is 14.8 Å². The third-order valence-corrected chi connectivity index (χ3v) is 4.88. The van der Waals surface area contributed by atoms with Gasteiger partial charge in [0.1, 0.15) is 11.5 Å². The molecule has 2 aromatic carbocycles. The minimum atomic E-state index is -0.276. The fourth-order valence-corrected chi connectivity index (χ4v) is 3.33. The van der Waals surface area contributed by atoms with Gasteiger partial charge in [-0.3, -0.25) is 4.79 Å². The third-order valence-electron chi connectivity index (χ3n) is 4.88. The van der Waals surface area contributed by atoms with Crippen LogP contribution in [0.4, 0.5) is 5.69 Å². The maximum atomic E-state index is 13.3. The number of fused-ring (bicyclic) bond motifs is 1.